The van der Waals surface area contributed by atoms with Gasteiger partial charge < -0.3 is 19.9 Å². The van der Waals surface area contributed by atoms with Crippen LogP contribution in [0.3, 0.4) is 0 Å². The van der Waals surface area contributed by atoms with Crippen molar-refractivity contribution in [3.63, 3.8) is 0 Å². The van der Waals surface area contributed by atoms with Gasteiger partial charge in [0.25, 0.3) is 0 Å². The van der Waals surface area contributed by atoms with Gasteiger partial charge >= 0.3 is 6.03 Å². The number of nitrogens with zero attached hydrogens (tertiary/aromatic N) is 2. The predicted molar refractivity (Wildman–Crippen MR) is 129 cm³/mol. The van der Waals surface area contributed by atoms with E-state index in [0.29, 0.717) is 13.2 Å². The third-order valence-corrected chi connectivity index (χ3v) is 7.00. The lowest BCUT2D eigenvalue weighted by Gasteiger charge is -2.38. The Morgan fingerprint density at radius 1 is 1.25 bits per heavy atom. The molecule has 0 bridgehead atoms. The minimum absolute atomic E-state index is 0.0165. The number of carbonyl (C=O) groups excluding carboxylic acids is 2. The Kier molecular flexibility index (Phi) is 8.18. The molecule has 3 rings (SSSR count). The predicted octanol–water partition coefficient (Wildman–Crippen LogP) is 4.78. The summed E-state index contributed by atoms with van der Waals surface area (Å²) >= 11 is 1.73. The van der Waals surface area contributed by atoms with Gasteiger partial charge in [-0.15, -0.1) is 11.3 Å². The molecule has 1 aliphatic heterocycles. The van der Waals surface area contributed by atoms with Crippen LogP contribution in [0.25, 0.3) is 0 Å². The number of aryl methyl sites for hydroxylation is 1. The van der Waals surface area contributed by atoms with Crippen LogP contribution in [0.4, 0.5) is 4.79 Å². The van der Waals surface area contributed by atoms with E-state index in [1.165, 1.54) is 4.88 Å². The SMILES string of the molecule is CC[C@@H](C)N(CC(=O)N1CCc2sccc2[C@@H]1COc1ccccc1C)C(=O)NC(C)C. The number of rotatable bonds is 8. The smallest absolute Gasteiger partial charge is 0.318 e. The molecule has 0 fully saturated rings. The van der Waals surface area contributed by atoms with Crippen molar-refractivity contribution in [2.24, 2.45) is 0 Å². The number of carbonyl (C=O) groups is 2. The van der Waals surface area contributed by atoms with Crippen molar-refractivity contribution in [3.8, 4) is 5.75 Å². The van der Waals surface area contributed by atoms with E-state index in [0.717, 1.165) is 29.7 Å². The minimum Gasteiger partial charge on any atom is -0.491 e. The lowest BCUT2D eigenvalue weighted by atomic mass is 10.00. The normalized spacial score (nSPS) is 16.4. The zero-order chi connectivity index (χ0) is 23.3. The fourth-order valence-corrected chi connectivity index (χ4v) is 4.90. The fraction of sp³-hybridized carbons (Fsp3) is 0.520. The first-order valence-corrected chi connectivity index (χ1v) is 12.3. The zero-order valence-corrected chi connectivity index (χ0v) is 20.6. The summed E-state index contributed by atoms with van der Waals surface area (Å²) < 4.78 is 6.17. The quantitative estimate of drug-likeness (QED) is 0.621. The second-order valence-electron chi connectivity index (χ2n) is 8.72. The van der Waals surface area contributed by atoms with Crippen LogP contribution in [0.15, 0.2) is 35.7 Å². The molecule has 1 aliphatic rings. The first kappa shape index (κ1) is 24.1. The zero-order valence-electron chi connectivity index (χ0n) is 19.8. The lowest BCUT2D eigenvalue weighted by molar-refractivity contribution is -0.136. The van der Waals surface area contributed by atoms with Gasteiger partial charge in [-0.3, -0.25) is 4.79 Å². The van der Waals surface area contributed by atoms with E-state index in [9.17, 15) is 9.59 Å². The van der Waals surface area contributed by atoms with Crippen molar-refractivity contribution in [3.05, 3.63) is 51.7 Å². The largest absolute Gasteiger partial charge is 0.491 e. The van der Waals surface area contributed by atoms with E-state index in [4.69, 9.17) is 4.74 Å². The molecule has 174 valence electrons. The van der Waals surface area contributed by atoms with Gasteiger partial charge in [-0.1, -0.05) is 25.1 Å². The topological polar surface area (TPSA) is 61.9 Å². The molecule has 3 amide bonds. The van der Waals surface area contributed by atoms with E-state index in [-0.39, 0.29) is 36.6 Å². The molecular weight excluding hydrogens is 422 g/mol. The Bertz CT molecular complexity index is 927. The Morgan fingerprint density at radius 3 is 2.69 bits per heavy atom. The highest BCUT2D eigenvalue weighted by Crippen LogP contribution is 2.34. The van der Waals surface area contributed by atoms with Crippen LogP contribution in [0.1, 0.15) is 56.2 Å². The van der Waals surface area contributed by atoms with Crippen molar-refractivity contribution >= 4 is 23.3 Å². The number of urea groups is 1. The maximum atomic E-state index is 13.5. The van der Waals surface area contributed by atoms with Crippen molar-refractivity contribution < 1.29 is 14.3 Å². The van der Waals surface area contributed by atoms with Crippen LogP contribution < -0.4 is 10.1 Å². The molecule has 2 atom stereocenters. The van der Waals surface area contributed by atoms with Crippen molar-refractivity contribution in [2.45, 2.75) is 65.6 Å². The van der Waals surface area contributed by atoms with Crippen LogP contribution >= 0.6 is 11.3 Å². The molecule has 2 aromatic rings. The average Bonchev–Trinajstić information content (AvgIpc) is 3.24. The van der Waals surface area contributed by atoms with Gasteiger partial charge in [-0.2, -0.15) is 0 Å². The van der Waals surface area contributed by atoms with E-state index >= 15 is 0 Å². The van der Waals surface area contributed by atoms with Crippen LogP contribution in [0.2, 0.25) is 0 Å². The number of hydrogen-bond donors (Lipinski definition) is 1. The number of nitrogens with one attached hydrogen (secondary N) is 1. The Hall–Kier alpha value is -2.54. The highest BCUT2D eigenvalue weighted by Gasteiger charge is 2.34. The molecular formula is C25H35N3O3S. The van der Waals surface area contributed by atoms with E-state index in [1.54, 1.807) is 16.2 Å². The Morgan fingerprint density at radius 2 is 2.00 bits per heavy atom. The van der Waals surface area contributed by atoms with Crippen molar-refractivity contribution in [1.29, 1.82) is 0 Å². The molecule has 0 radical (unpaired) electrons. The summed E-state index contributed by atoms with van der Waals surface area (Å²) in [6.07, 6.45) is 1.62. The maximum Gasteiger partial charge on any atom is 0.318 e. The molecule has 7 heteroatoms. The van der Waals surface area contributed by atoms with Gasteiger partial charge in [0.2, 0.25) is 5.91 Å². The summed E-state index contributed by atoms with van der Waals surface area (Å²) in [4.78, 5) is 31.1. The van der Waals surface area contributed by atoms with Gasteiger partial charge in [-0.05, 0) is 69.2 Å². The number of benzene rings is 1. The van der Waals surface area contributed by atoms with E-state index in [1.807, 2.05) is 63.8 Å². The number of hydrogen-bond acceptors (Lipinski definition) is 4. The summed E-state index contributed by atoms with van der Waals surface area (Å²) in [5.41, 5.74) is 2.23. The molecule has 0 unspecified atom stereocenters. The second kappa shape index (κ2) is 10.9. The summed E-state index contributed by atoms with van der Waals surface area (Å²) in [5.74, 6) is 0.791. The van der Waals surface area contributed by atoms with Crippen LogP contribution in [0.5, 0.6) is 5.75 Å². The number of thiophene rings is 1. The van der Waals surface area contributed by atoms with Crippen LogP contribution in [-0.2, 0) is 11.2 Å². The molecule has 2 heterocycles. The molecule has 32 heavy (non-hydrogen) atoms. The number of fused-ring (bicyclic) bond motifs is 1. The van der Waals surface area contributed by atoms with Crippen LogP contribution in [0, 0.1) is 6.92 Å². The standard InChI is InChI=1S/C25H35N3O3S/c1-6-19(5)28(25(30)26-17(2)3)15-24(29)27-13-11-23-20(12-14-32-23)21(27)16-31-22-10-8-7-9-18(22)4/h7-10,12,14,17,19,21H,6,11,13,15-16H2,1-5H3,(H,26,30)/t19-,21+/m1/s1. The number of ether oxygens (including phenoxy) is 1. The van der Waals surface area contributed by atoms with E-state index in [2.05, 4.69) is 16.8 Å². The molecule has 6 nitrogen and oxygen atoms in total. The number of amides is 3. The third-order valence-electron chi connectivity index (χ3n) is 6.01. The molecule has 0 saturated carbocycles. The monoisotopic (exact) mass is 457 g/mol. The first-order valence-electron chi connectivity index (χ1n) is 11.4. The van der Waals surface area contributed by atoms with Gasteiger partial charge in [0, 0.05) is 23.5 Å². The van der Waals surface area contributed by atoms with Gasteiger partial charge in [-0.25, -0.2) is 4.79 Å². The second-order valence-corrected chi connectivity index (χ2v) is 9.72. The van der Waals surface area contributed by atoms with Crippen molar-refractivity contribution in [2.75, 3.05) is 19.7 Å². The third kappa shape index (κ3) is 5.63. The summed E-state index contributed by atoms with van der Waals surface area (Å²) in [6, 6.07) is 9.66. The Labute approximate surface area is 195 Å². The molecule has 0 saturated heterocycles. The van der Waals surface area contributed by atoms with Crippen molar-refractivity contribution in [1.82, 2.24) is 15.1 Å². The molecule has 1 aromatic carbocycles. The Balaban J connectivity index is 1.79. The summed E-state index contributed by atoms with van der Waals surface area (Å²) in [7, 11) is 0. The maximum absolute atomic E-state index is 13.5. The summed E-state index contributed by atoms with van der Waals surface area (Å²) in [5, 5.41) is 5.02. The van der Waals surface area contributed by atoms with Gasteiger partial charge in [0.1, 0.15) is 18.9 Å². The molecule has 1 aromatic heterocycles. The molecule has 0 aliphatic carbocycles. The molecule has 1 N–H and O–H groups in total. The van der Waals surface area contributed by atoms with Gasteiger partial charge in [0.15, 0.2) is 0 Å². The minimum atomic E-state index is -0.191. The summed E-state index contributed by atoms with van der Waals surface area (Å²) in [6.45, 7) is 11.0. The number of para-hydroxylation sites is 1. The fourth-order valence-electron chi connectivity index (χ4n) is 3.98. The highest BCUT2D eigenvalue weighted by molar-refractivity contribution is 7.10. The van der Waals surface area contributed by atoms with E-state index < -0.39 is 0 Å². The average molecular weight is 458 g/mol. The lowest BCUT2D eigenvalue weighted by Crippen LogP contribution is -2.53. The van der Waals surface area contributed by atoms with Crippen LogP contribution in [-0.4, -0.2) is 53.5 Å². The van der Waals surface area contributed by atoms with Gasteiger partial charge in [0.05, 0.1) is 6.04 Å². The highest BCUT2D eigenvalue weighted by atomic mass is 32.1. The first-order chi connectivity index (χ1) is 15.3. The molecule has 0 spiro atoms.